The monoisotopic (exact) mass is 127 g/mol. The molecular weight excluding hydrogens is 122 g/mol. The van der Waals surface area contributed by atoms with Crippen LogP contribution in [0.1, 0.15) is 6.92 Å². The van der Waals surface area contributed by atoms with Gasteiger partial charge in [0.25, 0.3) is 0 Å². The Morgan fingerprint density at radius 3 is 2.56 bits per heavy atom. The van der Waals surface area contributed by atoms with E-state index in [9.17, 15) is 4.79 Å². The van der Waals surface area contributed by atoms with Crippen molar-refractivity contribution in [3.8, 4) is 0 Å². The van der Waals surface area contributed by atoms with Gasteiger partial charge in [-0.3, -0.25) is 0 Å². The van der Waals surface area contributed by atoms with E-state index in [4.69, 9.17) is 10.6 Å². The summed E-state index contributed by atoms with van der Waals surface area (Å²) in [6.45, 7) is 1.48. The van der Waals surface area contributed by atoms with E-state index in [0.29, 0.717) is 0 Å². The van der Waals surface area contributed by atoms with Crippen LogP contribution in [0, 0.1) is 0 Å². The molecule has 0 saturated carbocycles. The van der Waals surface area contributed by atoms with Crippen LogP contribution in [-0.2, 0) is 4.79 Å². The number of azide groups is 1. The van der Waals surface area contributed by atoms with E-state index in [1.807, 2.05) is 0 Å². The molecule has 0 aliphatic heterocycles. The number of nitrogens with zero attached hydrogens (tertiary/aromatic N) is 3. The van der Waals surface area contributed by atoms with E-state index >= 15 is 0 Å². The standard InChI is InChI=1S/C4H5N3O2/c1-2-3(4(8)9)6-7-5/h2H,1H3,(H,8,9)/b3-2+. The Morgan fingerprint density at radius 1 is 1.89 bits per heavy atom. The van der Waals surface area contributed by atoms with Crippen molar-refractivity contribution < 1.29 is 9.90 Å². The normalized spacial score (nSPS) is 10.1. The lowest BCUT2D eigenvalue weighted by atomic mass is 10.4. The first kappa shape index (κ1) is 7.52. The molecule has 48 valence electrons. The summed E-state index contributed by atoms with van der Waals surface area (Å²) in [5, 5.41) is 11.1. The fourth-order valence-electron chi connectivity index (χ4n) is 0.272. The molecule has 5 nitrogen and oxygen atoms in total. The van der Waals surface area contributed by atoms with Crippen molar-refractivity contribution in [3.63, 3.8) is 0 Å². The van der Waals surface area contributed by atoms with Gasteiger partial charge in [-0.05, 0) is 12.5 Å². The Morgan fingerprint density at radius 2 is 2.44 bits per heavy atom. The molecule has 5 heteroatoms. The Hall–Kier alpha value is -1.48. The average Bonchev–Trinajstić information content (AvgIpc) is 1.82. The summed E-state index contributed by atoms with van der Waals surface area (Å²) in [6.07, 6.45) is 1.22. The summed E-state index contributed by atoms with van der Waals surface area (Å²) < 4.78 is 0. The number of carboxylic acids is 1. The summed E-state index contributed by atoms with van der Waals surface area (Å²) in [5.41, 5.74) is 7.49. The Bertz CT molecular complexity index is 186. The minimum atomic E-state index is -1.21. The molecule has 0 rings (SSSR count). The molecule has 0 saturated heterocycles. The third kappa shape index (κ3) is 2.36. The average molecular weight is 127 g/mol. The van der Waals surface area contributed by atoms with Gasteiger partial charge in [-0.25, -0.2) is 4.79 Å². The van der Waals surface area contributed by atoms with Crippen molar-refractivity contribution in [2.45, 2.75) is 6.92 Å². The summed E-state index contributed by atoms with van der Waals surface area (Å²) in [6, 6.07) is 0. The van der Waals surface area contributed by atoms with Crippen molar-refractivity contribution in [1.82, 2.24) is 0 Å². The molecule has 9 heavy (non-hydrogen) atoms. The van der Waals surface area contributed by atoms with Gasteiger partial charge in [-0.15, -0.1) is 0 Å². The van der Waals surface area contributed by atoms with Gasteiger partial charge in [-0.1, -0.05) is 11.2 Å². The van der Waals surface area contributed by atoms with Crippen molar-refractivity contribution in [3.05, 3.63) is 22.2 Å². The van der Waals surface area contributed by atoms with Crippen LogP contribution in [0.2, 0.25) is 0 Å². The van der Waals surface area contributed by atoms with Gasteiger partial charge in [0.2, 0.25) is 0 Å². The van der Waals surface area contributed by atoms with Crippen LogP contribution in [0.3, 0.4) is 0 Å². The highest BCUT2D eigenvalue weighted by molar-refractivity contribution is 5.85. The first-order valence-corrected chi connectivity index (χ1v) is 2.17. The number of aliphatic carboxylic acids is 1. The predicted octanol–water partition coefficient (Wildman–Crippen LogP) is 1.29. The third-order valence-corrected chi connectivity index (χ3v) is 0.645. The first-order chi connectivity index (χ1) is 4.22. The summed E-state index contributed by atoms with van der Waals surface area (Å²) in [4.78, 5) is 12.3. The fraction of sp³-hybridized carbons (Fsp3) is 0.250. The zero-order chi connectivity index (χ0) is 7.28. The number of allylic oxidation sites excluding steroid dienone is 1. The van der Waals surface area contributed by atoms with Crippen LogP contribution in [0.4, 0.5) is 0 Å². The smallest absolute Gasteiger partial charge is 0.337 e. The zero-order valence-corrected chi connectivity index (χ0v) is 4.77. The first-order valence-electron chi connectivity index (χ1n) is 2.17. The Labute approximate surface area is 51.2 Å². The molecule has 0 aliphatic carbocycles. The molecule has 0 spiro atoms. The van der Waals surface area contributed by atoms with Crippen LogP contribution in [-0.4, -0.2) is 11.1 Å². The number of hydrogen-bond acceptors (Lipinski definition) is 2. The van der Waals surface area contributed by atoms with Crippen molar-refractivity contribution in [2.75, 3.05) is 0 Å². The van der Waals surface area contributed by atoms with Crippen molar-refractivity contribution in [1.29, 1.82) is 0 Å². The van der Waals surface area contributed by atoms with E-state index in [-0.39, 0.29) is 5.70 Å². The van der Waals surface area contributed by atoms with Gasteiger partial charge in [-0.2, -0.15) is 0 Å². The third-order valence-electron chi connectivity index (χ3n) is 0.645. The van der Waals surface area contributed by atoms with Crippen LogP contribution >= 0.6 is 0 Å². The van der Waals surface area contributed by atoms with E-state index in [0.717, 1.165) is 0 Å². The molecule has 0 aromatic heterocycles. The van der Waals surface area contributed by atoms with Gasteiger partial charge in [0, 0.05) is 4.91 Å². The van der Waals surface area contributed by atoms with Crippen LogP contribution in [0.25, 0.3) is 10.4 Å². The quantitative estimate of drug-likeness (QED) is 0.262. The highest BCUT2D eigenvalue weighted by Crippen LogP contribution is 1.94. The molecule has 1 N–H and O–H groups in total. The largest absolute Gasteiger partial charge is 0.478 e. The highest BCUT2D eigenvalue weighted by atomic mass is 16.4. The van der Waals surface area contributed by atoms with E-state index < -0.39 is 5.97 Å². The second-order valence-electron chi connectivity index (χ2n) is 1.17. The Balaban J connectivity index is 4.37. The molecule has 0 heterocycles. The summed E-state index contributed by atoms with van der Waals surface area (Å²) in [5.74, 6) is -1.21. The van der Waals surface area contributed by atoms with Crippen molar-refractivity contribution >= 4 is 5.97 Å². The van der Waals surface area contributed by atoms with Gasteiger partial charge in [0.1, 0.15) is 5.70 Å². The molecule has 0 aromatic carbocycles. The molecule has 0 bridgehead atoms. The molecular formula is C4H5N3O2. The number of carboxylic acid groups (broad SMARTS) is 1. The maximum Gasteiger partial charge on any atom is 0.337 e. The SMILES string of the molecule is C/C=C(/N=[N+]=[N-])C(=O)O. The lowest BCUT2D eigenvalue weighted by molar-refractivity contribution is -0.132. The van der Waals surface area contributed by atoms with Crippen molar-refractivity contribution in [2.24, 2.45) is 5.11 Å². The predicted molar refractivity (Wildman–Crippen MR) is 30.5 cm³/mol. The lowest BCUT2D eigenvalue weighted by Gasteiger charge is -1.85. The van der Waals surface area contributed by atoms with Crippen LogP contribution in [0.15, 0.2) is 16.9 Å². The van der Waals surface area contributed by atoms with Gasteiger partial charge in [0.05, 0.1) is 0 Å². The molecule has 0 aromatic rings. The molecule has 0 unspecified atom stereocenters. The van der Waals surface area contributed by atoms with Gasteiger partial charge < -0.3 is 5.11 Å². The summed E-state index contributed by atoms with van der Waals surface area (Å²) >= 11 is 0. The molecule has 0 amide bonds. The second kappa shape index (κ2) is 3.51. The lowest BCUT2D eigenvalue weighted by Crippen LogP contribution is -1.95. The van der Waals surface area contributed by atoms with E-state index in [2.05, 4.69) is 10.0 Å². The number of rotatable bonds is 2. The van der Waals surface area contributed by atoms with Gasteiger partial charge in [0.15, 0.2) is 0 Å². The fourth-order valence-corrected chi connectivity index (χ4v) is 0.272. The topological polar surface area (TPSA) is 86.1 Å². The summed E-state index contributed by atoms with van der Waals surface area (Å²) in [7, 11) is 0. The van der Waals surface area contributed by atoms with Crippen LogP contribution < -0.4 is 0 Å². The molecule has 0 aliphatic rings. The minimum absolute atomic E-state index is 0.280. The Kier molecular flexibility index (Phi) is 2.94. The molecule has 0 atom stereocenters. The second-order valence-corrected chi connectivity index (χ2v) is 1.17. The number of hydrogen-bond donors (Lipinski definition) is 1. The van der Waals surface area contributed by atoms with E-state index in [1.165, 1.54) is 13.0 Å². The number of carbonyl (C=O) groups is 1. The zero-order valence-electron chi connectivity index (χ0n) is 4.77. The maximum atomic E-state index is 9.99. The van der Waals surface area contributed by atoms with E-state index in [1.54, 1.807) is 0 Å². The van der Waals surface area contributed by atoms with Crippen LogP contribution in [0.5, 0.6) is 0 Å². The maximum absolute atomic E-state index is 9.99. The van der Waals surface area contributed by atoms with Gasteiger partial charge >= 0.3 is 5.97 Å². The molecule has 0 radical (unpaired) electrons. The molecule has 0 fully saturated rings. The highest BCUT2D eigenvalue weighted by Gasteiger charge is 1.99. The minimum Gasteiger partial charge on any atom is -0.478 e.